The standard InChI is InChI=1S/C13H21ClFN3/c1-17(2)4-5-18(3)9-10-6-11(8-16)13(15)12(14)7-10/h6-7H,4-5,8-9,16H2,1-3H3. The number of nitrogens with two attached hydrogens (primary N) is 1. The van der Waals surface area contributed by atoms with Crippen molar-refractivity contribution in [3.05, 3.63) is 34.1 Å². The molecule has 5 heteroatoms. The average molecular weight is 274 g/mol. The van der Waals surface area contributed by atoms with Crippen LogP contribution in [0.25, 0.3) is 0 Å². The molecule has 0 saturated heterocycles. The summed E-state index contributed by atoms with van der Waals surface area (Å²) in [5.74, 6) is -0.404. The fourth-order valence-electron chi connectivity index (χ4n) is 1.71. The molecule has 0 spiro atoms. The Kier molecular flexibility index (Phi) is 6.02. The van der Waals surface area contributed by atoms with Crippen molar-refractivity contribution in [2.45, 2.75) is 13.1 Å². The molecule has 1 aromatic carbocycles. The third-order valence-corrected chi connectivity index (χ3v) is 3.04. The molecule has 0 aliphatic rings. The van der Waals surface area contributed by atoms with Crippen LogP contribution in [-0.2, 0) is 13.1 Å². The maximum atomic E-state index is 13.5. The third-order valence-electron chi connectivity index (χ3n) is 2.76. The predicted octanol–water partition coefficient (Wildman–Crippen LogP) is 1.93. The van der Waals surface area contributed by atoms with Gasteiger partial charge in [-0.05, 0) is 32.8 Å². The van der Waals surface area contributed by atoms with Gasteiger partial charge in [-0.15, -0.1) is 0 Å². The maximum absolute atomic E-state index is 13.5. The van der Waals surface area contributed by atoms with Crippen molar-refractivity contribution < 1.29 is 4.39 Å². The molecular weight excluding hydrogens is 253 g/mol. The second kappa shape index (κ2) is 7.04. The minimum Gasteiger partial charge on any atom is -0.326 e. The number of hydrogen-bond acceptors (Lipinski definition) is 3. The summed E-state index contributed by atoms with van der Waals surface area (Å²) in [5.41, 5.74) is 6.96. The highest BCUT2D eigenvalue weighted by Gasteiger charge is 2.09. The Morgan fingerprint density at radius 2 is 1.89 bits per heavy atom. The molecule has 0 unspecified atom stereocenters. The molecule has 102 valence electrons. The normalized spacial score (nSPS) is 11.6. The van der Waals surface area contributed by atoms with Gasteiger partial charge < -0.3 is 15.5 Å². The van der Waals surface area contributed by atoms with E-state index in [9.17, 15) is 4.39 Å². The van der Waals surface area contributed by atoms with Crippen molar-refractivity contribution in [2.75, 3.05) is 34.2 Å². The SMILES string of the molecule is CN(C)CCN(C)Cc1cc(Cl)c(F)c(CN)c1. The summed E-state index contributed by atoms with van der Waals surface area (Å²) >= 11 is 5.85. The van der Waals surface area contributed by atoms with Gasteiger partial charge in [0, 0.05) is 31.7 Å². The van der Waals surface area contributed by atoms with Crippen LogP contribution in [0.1, 0.15) is 11.1 Å². The van der Waals surface area contributed by atoms with Gasteiger partial charge in [-0.25, -0.2) is 4.39 Å². The zero-order chi connectivity index (χ0) is 13.7. The van der Waals surface area contributed by atoms with Gasteiger partial charge in [-0.1, -0.05) is 17.7 Å². The summed E-state index contributed by atoms with van der Waals surface area (Å²) in [6.07, 6.45) is 0. The zero-order valence-electron chi connectivity index (χ0n) is 11.2. The van der Waals surface area contributed by atoms with Crippen LogP contribution in [0, 0.1) is 5.82 Å². The van der Waals surface area contributed by atoms with Crippen LogP contribution in [0.4, 0.5) is 4.39 Å². The largest absolute Gasteiger partial charge is 0.326 e. The molecule has 0 bridgehead atoms. The number of likely N-dealkylation sites (N-methyl/N-ethyl adjacent to an activating group) is 2. The summed E-state index contributed by atoms with van der Waals surface area (Å²) < 4.78 is 13.5. The first-order valence-corrected chi connectivity index (χ1v) is 6.32. The molecule has 2 N–H and O–H groups in total. The van der Waals surface area contributed by atoms with Crippen LogP contribution >= 0.6 is 11.6 Å². The van der Waals surface area contributed by atoms with E-state index >= 15 is 0 Å². The first-order valence-electron chi connectivity index (χ1n) is 5.94. The van der Waals surface area contributed by atoms with E-state index in [0.717, 1.165) is 25.2 Å². The Hall–Kier alpha value is -0.680. The first-order chi connectivity index (χ1) is 8.43. The molecule has 3 nitrogen and oxygen atoms in total. The van der Waals surface area contributed by atoms with Crippen molar-refractivity contribution in [3.8, 4) is 0 Å². The fourth-order valence-corrected chi connectivity index (χ4v) is 1.97. The van der Waals surface area contributed by atoms with Gasteiger partial charge >= 0.3 is 0 Å². The molecule has 0 amide bonds. The van der Waals surface area contributed by atoms with Gasteiger partial charge in [-0.3, -0.25) is 0 Å². The van der Waals surface area contributed by atoms with E-state index < -0.39 is 5.82 Å². The zero-order valence-corrected chi connectivity index (χ0v) is 12.0. The molecule has 0 aliphatic carbocycles. The second-order valence-electron chi connectivity index (χ2n) is 4.80. The Bertz CT molecular complexity index is 396. The molecule has 0 aromatic heterocycles. The van der Waals surface area contributed by atoms with Crippen LogP contribution in [0.3, 0.4) is 0 Å². The van der Waals surface area contributed by atoms with E-state index in [2.05, 4.69) is 9.80 Å². The summed E-state index contributed by atoms with van der Waals surface area (Å²) in [7, 11) is 6.10. The summed E-state index contributed by atoms with van der Waals surface area (Å²) in [6, 6.07) is 3.45. The molecular formula is C13H21ClFN3. The molecule has 18 heavy (non-hydrogen) atoms. The summed E-state index contributed by atoms with van der Waals surface area (Å²) in [4.78, 5) is 4.29. The number of rotatable bonds is 6. The molecule has 0 atom stereocenters. The van der Waals surface area contributed by atoms with E-state index in [4.69, 9.17) is 17.3 Å². The molecule has 0 radical (unpaired) electrons. The third kappa shape index (κ3) is 4.53. The van der Waals surface area contributed by atoms with Crippen LogP contribution in [-0.4, -0.2) is 44.0 Å². The van der Waals surface area contributed by atoms with Gasteiger partial charge in [0.1, 0.15) is 5.82 Å². The van der Waals surface area contributed by atoms with Crippen LogP contribution in [0.2, 0.25) is 5.02 Å². The molecule has 1 aromatic rings. The number of halogens is 2. The Morgan fingerprint density at radius 1 is 1.22 bits per heavy atom. The van der Waals surface area contributed by atoms with Crippen molar-refractivity contribution in [1.82, 2.24) is 9.80 Å². The second-order valence-corrected chi connectivity index (χ2v) is 5.20. The average Bonchev–Trinajstić information content (AvgIpc) is 2.31. The molecule has 1 rings (SSSR count). The van der Waals surface area contributed by atoms with E-state index in [0.29, 0.717) is 5.56 Å². The monoisotopic (exact) mass is 273 g/mol. The van der Waals surface area contributed by atoms with E-state index in [1.165, 1.54) is 0 Å². The summed E-state index contributed by atoms with van der Waals surface area (Å²) in [5, 5.41) is 0.147. The minimum absolute atomic E-state index is 0.147. The Morgan fingerprint density at radius 3 is 2.44 bits per heavy atom. The van der Waals surface area contributed by atoms with Crippen molar-refractivity contribution in [3.63, 3.8) is 0 Å². The van der Waals surface area contributed by atoms with Crippen molar-refractivity contribution in [1.29, 1.82) is 0 Å². The lowest BCUT2D eigenvalue weighted by atomic mass is 10.1. The van der Waals surface area contributed by atoms with Gasteiger partial charge in [0.2, 0.25) is 0 Å². The quantitative estimate of drug-likeness (QED) is 0.860. The van der Waals surface area contributed by atoms with Gasteiger partial charge in [-0.2, -0.15) is 0 Å². The topological polar surface area (TPSA) is 32.5 Å². The lowest BCUT2D eigenvalue weighted by Crippen LogP contribution is -2.28. The predicted molar refractivity (Wildman–Crippen MR) is 74.2 cm³/mol. The molecule has 0 fully saturated rings. The molecule has 0 heterocycles. The van der Waals surface area contributed by atoms with E-state index in [-0.39, 0.29) is 11.6 Å². The number of hydrogen-bond donors (Lipinski definition) is 1. The first kappa shape index (κ1) is 15.4. The Labute approximate surface area is 113 Å². The lowest BCUT2D eigenvalue weighted by molar-refractivity contribution is 0.276. The van der Waals surface area contributed by atoms with Crippen molar-refractivity contribution in [2.24, 2.45) is 5.73 Å². The van der Waals surface area contributed by atoms with Gasteiger partial charge in [0.25, 0.3) is 0 Å². The lowest BCUT2D eigenvalue weighted by Gasteiger charge is -2.20. The van der Waals surface area contributed by atoms with Gasteiger partial charge in [0.05, 0.1) is 5.02 Å². The summed E-state index contributed by atoms with van der Waals surface area (Å²) in [6.45, 7) is 2.83. The number of nitrogens with zero attached hydrogens (tertiary/aromatic N) is 2. The maximum Gasteiger partial charge on any atom is 0.146 e. The highest BCUT2D eigenvalue weighted by Crippen LogP contribution is 2.21. The van der Waals surface area contributed by atoms with E-state index in [1.807, 2.05) is 21.1 Å². The van der Waals surface area contributed by atoms with Gasteiger partial charge in [0.15, 0.2) is 0 Å². The minimum atomic E-state index is -0.404. The van der Waals surface area contributed by atoms with Crippen molar-refractivity contribution >= 4 is 11.6 Å². The fraction of sp³-hybridized carbons (Fsp3) is 0.538. The molecule has 0 aliphatic heterocycles. The Balaban J connectivity index is 2.70. The van der Waals surface area contributed by atoms with Crippen LogP contribution in [0.15, 0.2) is 12.1 Å². The van der Waals surface area contributed by atoms with Crippen LogP contribution < -0.4 is 5.73 Å². The number of benzene rings is 1. The molecule has 0 saturated carbocycles. The smallest absolute Gasteiger partial charge is 0.146 e. The highest BCUT2D eigenvalue weighted by atomic mass is 35.5. The van der Waals surface area contributed by atoms with Crippen LogP contribution in [0.5, 0.6) is 0 Å². The van der Waals surface area contributed by atoms with E-state index in [1.54, 1.807) is 12.1 Å². The highest BCUT2D eigenvalue weighted by molar-refractivity contribution is 6.30.